The molecular weight excluding hydrogens is 315 g/mol. The Balaban J connectivity index is -0.000000240. The first kappa shape index (κ1) is 27.6. The molecule has 0 aliphatic carbocycles. The fraction of sp³-hybridized carbons (Fsp3) is 1.00. The predicted octanol–water partition coefficient (Wildman–Crippen LogP) is -0.412. The summed E-state index contributed by atoms with van der Waals surface area (Å²) in [7, 11) is -9.64. The third kappa shape index (κ3) is 19.6. The summed E-state index contributed by atoms with van der Waals surface area (Å²) >= 11 is 0. The second kappa shape index (κ2) is 13.2. The molecule has 0 aliphatic heterocycles. The number of rotatable bonds is 6. The maximum atomic E-state index is 10.7. The molecular formula is C4H16K2NO7PS. The Hall–Kier alpha value is 3.25. The number of hydrogen-bond donors (Lipinski definition) is 3. The zero-order valence-electron chi connectivity index (χ0n) is 7.62. The zero-order chi connectivity index (χ0) is 10.5. The van der Waals surface area contributed by atoms with Gasteiger partial charge in [0.1, 0.15) is 0 Å². The summed E-state index contributed by atoms with van der Waals surface area (Å²) < 4.78 is 46.3. The van der Waals surface area contributed by atoms with Crippen LogP contribution in [0.25, 0.3) is 0 Å². The first-order valence-electron chi connectivity index (χ1n) is 3.43. The van der Waals surface area contributed by atoms with Gasteiger partial charge in [0.25, 0.3) is 0 Å². The number of hydrogen-bond acceptors (Lipinski definition) is 6. The Morgan fingerprint density at radius 2 is 1.75 bits per heavy atom. The third-order valence-electron chi connectivity index (χ3n) is 0.941. The maximum absolute atomic E-state index is 10.7. The Bertz CT molecular complexity index is 297. The van der Waals surface area contributed by atoms with Crippen LogP contribution in [0.3, 0.4) is 0 Å². The molecule has 0 bridgehead atoms. The predicted molar refractivity (Wildman–Crippen MR) is 62.6 cm³/mol. The summed E-state index contributed by atoms with van der Waals surface area (Å²) in [5.74, 6) is 0. The number of unbranched alkanes of at least 4 members (excludes halogenated alkanes) is 1. The van der Waals surface area contributed by atoms with E-state index in [2.05, 4.69) is 8.49 Å². The minimum absolute atomic E-state index is 0. The van der Waals surface area contributed by atoms with Crippen molar-refractivity contribution in [3.8, 4) is 0 Å². The van der Waals surface area contributed by atoms with Gasteiger partial charge in [0.2, 0.25) is 0 Å². The zero-order valence-corrected chi connectivity index (χ0v) is 9.33. The van der Waals surface area contributed by atoms with Crippen molar-refractivity contribution >= 4 is 121 Å². The first-order chi connectivity index (χ1) is 5.77. The standard InChI is InChI=1S/C4H11O7PS.2K.H3N.2H/c1-2-3-4-10-12(5,6)11-13(7,8)9;;;;;/h2-4H2,1H3,(H,5,6)(H,7,8,9);;;1H3;;. The molecule has 0 aromatic rings. The van der Waals surface area contributed by atoms with E-state index in [1.807, 2.05) is 6.92 Å². The summed E-state index contributed by atoms with van der Waals surface area (Å²) in [4.78, 5) is 8.65. The third-order valence-corrected chi connectivity index (χ3v) is 2.96. The van der Waals surface area contributed by atoms with Gasteiger partial charge in [0, 0.05) is 0 Å². The molecule has 12 heteroatoms. The molecule has 16 heavy (non-hydrogen) atoms. The monoisotopic (exact) mass is 331 g/mol. The quantitative estimate of drug-likeness (QED) is 0.258. The van der Waals surface area contributed by atoms with Gasteiger partial charge in [-0.2, -0.15) is 8.42 Å². The van der Waals surface area contributed by atoms with Crippen molar-refractivity contribution in [1.29, 1.82) is 0 Å². The summed E-state index contributed by atoms with van der Waals surface area (Å²) in [6.45, 7) is 1.70. The van der Waals surface area contributed by atoms with Crippen LogP contribution in [0, 0.1) is 0 Å². The molecule has 0 rings (SSSR count). The van der Waals surface area contributed by atoms with E-state index in [9.17, 15) is 13.0 Å². The molecule has 0 heterocycles. The van der Waals surface area contributed by atoms with Gasteiger partial charge in [0.05, 0.1) is 6.61 Å². The normalized spacial score (nSPS) is 13.7. The molecule has 1 atom stereocenters. The molecule has 0 fully saturated rings. The SMILES string of the molecule is CCCCOP(=O)(O)OS(=O)(=O)O.N.[KH].[KH]. The molecule has 0 aromatic carbocycles. The number of phosphoric acid groups is 1. The van der Waals surface area contributed by atoms with E-state index in [-0.39, 0.29) is 116 Å². The molecule has 0 spiro atoms. The Kier molecular flexibility index (Phi) is 22.8. The van der Waals surface area contributed by atoms with Gasteiger partial charge in [-0.25, -0.2) is 4.57 Å². The first-order valence-corrected chi connectivity index (χ1v) is 6.29. The van der Waals surface area contributed by atoms with Crippen molar-refractivity contribution in [2.75, 3.05) is 6.61 Å². The van der Waals surface area contributed by atoms with Gasteiger partial charge < -0.3 is 11.0 Å². The van der Waals surface area contributed by atoms with Gasteiger partial charge >= 0.3 is 121 Å². The van der Waals surface area contributed by atoms with Crippen LogP contribution in [0.2, 0.25) is 0 Å². The van der Waals surface area contributed by atoms with Crippen LogP contribution in [-0.4, -0.2) is 127 Å². The topological polar surface area (TPSA) is 145 Å². The van der Waals surface area contributed by atoms with Gasteiger partial charge in [-0.05, 0) is 6.42 Å². The van der Waals surface area contributed by atoms with Crippen LogP contribution in [0.5, 0.6) is 0 Å². The molecule has 0 aliphatic rings. The van der Waals surface area contributed by atoms with Crippen molar-refractivity contribution in [3.05, 3.63) is 0 Å². The van der Waals surface area contributed by atoms with Gasteiger partial charge in [0.15, 0.2) is 0 Å². The molecule has 0 radical (unpaired) electrons. The van der Waals surface area contributed by atoms with Gasteiger partial charge in [-0.15, -0.1) is 3.97 Å². The Morgan fingerprint density at radius 3 is 2.06 bits per heavy atom. The van der Waals surface area contributed by atoms with Crippen molar-refractivity contribution in [2.45, 2.75) is 19.8 Å². The summed E-state index contributed by atoms with van der Waals surface area (Å²) in [6.07, 6.45) is 1.20. The molecule has 0 saturated carbocycles. The second-order valence-electron chi connectivity index (χ2n) is 2.16. The van der Waals surface area contributed by atoms with E-state index in [4.69, 9.17) is 9.45 Å². The molecule has 0 aromatic heterocycles. The van der Waals surface area contributed by atoms with E-state index in [1.54, 1.807) is 0 Å². The second-order valence-corrected chi connectivity index (χ2v) is 4.80. The van der Waals surface area contributed by atoms with Crippen LogP contribution in [0.15, 0.2) is 0 Å². The van der Waals surface area contributed by atoms with Crippen molar-refractivity contribution in [2.24, 2.45) is 0 Å². The van der Waals surface area contributed by atoms with E-state index in [1.165, 1.54) is 0 Å². The molecule has 1 unspecified atom stereocenters. The van der Waals surface area contributed by atoms with E-state index in [0.29, 0.717) is 12.8 Å². The molecule has 0 amide bonds. The van der Waals surface area contributed by atoms with E-state index < -0.39 is 18.2 Å². The molecule has 0 saturated heterocycles. The number of phosphoric ester groups is 1. The van der Waals surface area contributed by atoms with Gasteiger partial charge in [-0.1, -0.05) is 13.3 Å². The van der Waals surface area contributed by atoms with E-state index in [0.717, 1.165) is 0 Å². The summed E-state index contributed by atoms with van der Waals surface area (Å²) in [6, 6.07) is 0. The van der Waals surface area contributed by atoms with Crippen molar-refractivity contribution < 1.29 is 30.9 Å². The fourth-order valence-corrected chi connectivity index (χ4v) is 1.95. The van der Waals surface area contributed by atoms with Crippen LogP contribution < -0.4 is 6.15 Å². The van der Waals surface area contributed by atoms with Crippen LogP contribution in [0.4, 0.5) is 0 Å². The average Bonchev–Trinajstić information content (AvgIpc) is 1.81. The van der Waals surface area contributed by atoms with E-state index >= 15 is 0 Å². The minimum atomic E-state index is -4.96. The Labute approximate surface area is 180 Å². The summed E-state index contributed by atoms with van der Waals surface area (Å²) in [5.41, 5.74) is 0. The average molecular weight is 331 g/mol. The van der Waals surface area contributed by atoms with Crippen LogP contribution >= 0.6 is 7.82 Å². The van der Waals surface area contributed by atoms with Gasteiger partial charge in [-0.3, -0.25) is 9.08 Å². The Morgan fingerprint density at radius 1 is 1.31 bits per heavy atom. The molecule has 5 N–H and O–H groups in total. The molecule has 8 nitrogen and oxygen atoms in total. The van der Waals surface area contributed by atoms with Crippen LogP contribution in [-0.2, 0) is 23.5 Å². The van der Waals surface area contributed by atoms with Crippen molar-refractivity contribution in [1.82, 2.24) is 6.15 Å². The summed E-state index contributed by atoms with van der Waals surface area (Å²) in [5, 5.41) is 0. The van der Waals surface area contributed by atoms with Crippen molar-refractivity contribution in [3.63, 3.8) is 0 Å². The fourth-order valence-electron chi connectivity index (χ4n) is 0.465. The molecule has 92 valence electrons. The van der Waals surface area contributed by atoms with Crippen LogP contribution in [0.1, 0.15) is 19.8 Å².